The van der Waals surface area contributed by atoms with Gasteiger partial charge < -0.3 is 0 Å². The van der Waals surface area contributed by atoms with Crippen LogP contribution in [0.4, 0.5) is 0 Å². The van der Waals surface area contributed by atoms with E-state index in [4.69, 9.17) is 0 Å². The molecule has 0 spiro atoms. The van der Waals surface area contributed by atoms with Gasteiger partial charge in [-0.1, -0.05) is 32.5 Å². The number of rotatable bonds is 1. The average molecular weight is 208 g/mol. The maximum atomic E-state index is 3.37. The van der Waals surface area contributed by atoms with Crippen LogP contribution in [-0.2, 0) is 6.42 Å². The first-order valence-corrected chi connectivity index (χ1v) is 9.00. The molecule has 0 saturated heterocycles. The van der Waals surface area contributed by atoms with E-state index in [0.29, 0.717) is 0 Å². The summed E-state index contributed by atoms with van der Waals surface area (Å²) in [5, 5.41) is 2.16. The third kappa shape index (κ3) is 3.80. The molecule has 1 aromatic heterocycles. The summed E-state index contributed by atoms with van der Waals surface area (Å²) in [5.74, 6) is 3.26. The molecule has 0 N–H and O–H groups in total. The Kier molecular flexibility index (Phi) is 3.35. The molecule has 0 aromatic carbocycles. The van der Waals surface area contributed by atoms with E-state index in [1.165, 1.54) is 10.4 Å². The van der Waals surface area contributed by atoms with Crippen LogP contribution in [-0.4, -0.2) is 8.07 Å². The van der Waals surface area contributed by atoms with Crippen molar-refractivity contribution in [3.05, 3.63) is 21.9 Å². The minimum absolute atomic E-state index is 1.12. The van der Waals surface area contributed by atoms with Crippen LogP contribution < -0.4 is 0 Å². The predicted octanol–water partition coefficient (Wildman–Crippen LogP) is 3.54. The molecule has 0 aliphatic rings. The van der Waals surface area contributed by atoms with Gasteiger partial charge in [0.1, 0.15) is 8.07 Å². The highest BCUT2D eigenvalue weighted by Gasteiger charge is 2.07. The van der Waals surface area contributed by atoms with Gasteiger partial charge in [-0.2, -0.15) is 0 Å². The lowest BCUT2D eigenvalue weighted by atomic mass is 10.3. The Hall–Kier alpha value is -0.523. The molecule has 0 saturated carbocycles. The van der Waals surface area contributed by atoms with Crippen molar-refractivity contribution in [3.63, 3.8) is 0 Å². The van der Waals surface area contributed by atoms with Crippen molar-refractivity contribution in [3.8, 4) is 11.5 Å². The van der Waals surface area contributed by atoms with Gasteiger partial charge in [-0.15, -0.1) is 16.9 Å². The topological polar surface area (TPSA) is 0 Å². The van der Waals surface area contributed by atoms with E-state index >= 15 is 0 Å². The fraction of sp³-hybridized carbons (Fsp3) is 0.455. The Morgan fingerprint density at radius 1 is 1.38 bits per heavy atom. The lowest BCUT2D eigenvalue weighted by molar-refractivity contribution is 1.19. The number of hydrogen-bond acceptors (Lipinski definition) is 1. The van der Waals surface area contributed by atoms with E-state index in [0.717, 1.165) is 6.42 Å². The van der Waals surface area contributed by atoms with Crippen LogP contribution in [0.15, 0.2) is 11.4 Å². The third-order valence-corrected chi connectivity index (χ3v) is 3.54. The fourth-order valence-electron chi connectivity index (χ4n) is 0.891. The molecule has 0 radical (unpaired) electrons. The van der Waals surface area contributed by atoms with Gasteiger partial charge in [-0.05, 0) is 12.5 Å². The molecule has 0 aliphatic carbocycles. The van der Waals surface area contributed by atoms with Crippen molar-refractivity contribution < 1.29 is 0 Å². The lowest BCUT2D eigenvalue weighted by Gasteiger charge is -2.02. The van der Waals surface area contributed by atoms with Gasteiger partial charge in [0.05, 0.1) is 0 Å². The van der Waals surface area contributed by atoms with Crippen LogP contribution in [0, 0.1) is 11.5 Å². The van der Waals surface area contributed by atoms with E-state index in [1.54, 1.807) is 0 Å². The molecule has 0 amide bonds. The zero-order chi connectivity index (χ0) is 9.90. The molecule has 0 aliphatic heterocycles. The van der Waals surface area contributed by atoms with Crippen molar-refractivity contribution in [2.45, 2.75) is 33.0 Å². The van der Waals surface area contributed by atoms with Crippen molar-refractivity contribution in [1.29, 1.82) is 0 Å². The third-order valence-electron chi connectivity index (χ3n) is 1.58. The van der Waals surface area contributed by atoms with Gasteiger partial charge in [0, 0.05) is 15.8 Å². The first-order valence-electron chi connectivity index (χ1n) is 4.62. The van der Waals surface area contributed by atoms with Gasteiger partial charge in [0.15, 0.2) is 0 Å². The summed E-state index contributed by atoms with van der Waals surface area (Å²) in [6.45, 7) is 8.99. The molecule has 0 atom stereocenters. The van der Waals surface area contributed by atoms with Crippen LogP contribution in [0.5, 0.6) is 0 Å². The molecule has 70 valence electrons. The zero-order valence-corrected chi connectivity index (χ0v) is 10.6. The minimum Gasteiger partial charge on any atom is -0.148 e. The molecular weight excluding hydrogens is 192 g/mol. The Morgan fingerprint density at radius 3 is 2.54 bits per heavy atom. The highest BCUT2D eigenvalue weighted by molar-refractivity contribution is 7.10. The molecule has 0 nitrogen and oxygen atoms in total. The highest BCUT2D eigenvalue weighted by Crippen LogP contribution is 2.14. The second-order valence-electron chi connectivity index (χ2n) is 4.16. The van der Waals surface area contributed by atoms with E-state index < -0.39 is 8.07 Å². The maximum absolute atomic E-state index is 3.37. The zero-order valence-electron chi connectivity index (χ0n) is 8.77. The van der Waals surface area contributed by atoms with Crippen LogP contribution in [0.1, 0.15) is 17.4 Å². The summed E-state index contributed by atoms with van der Waals surface area (Å²) in [5.41, 5.74) is 4.57. The molecule has 1 rings (SSSR count). The summed E-state index contributed by atoms with van der Waals surface area (Å²) >= 11 is 1.81. The first-order chi connectivity index (χ1) is 6.01. The van der Waals surface area contributed by atoms with Crippen molar-refractivity contribution in [2.75, 3.05) is 0 Å². The molecular formula is C11H16SSi. The van der Waals surface area contributed by atoms with Crippen LogP contribution in [0.3, 0.4) is 0 Å². The molecule has 1 aromatic rings. The standard InChI is InChI=1S/C11H16SSi/c1-5-11-8-10(9-12-11)6-7-13(2,3)4/h8-9H,5H2,1-4H3. The van der Waals surface area contributed by atoms with E-state index in [2.05, 4.69) is 49.5 Å². The SMILES string of the molecule is CCc1cc(C#C[Si](C)(C)C)cs1. The van der Waals surface area contributed by atoms with E-state index in [1.807, 2.05) is 11.3 Å². The van der Waals surface area contributed by atoms with Gasteiger partial charge in [0.25, 0.3) is 0 Å². The Morgan fingerprint density at radius 2 is 2.08 bits per heavy atom. The number of thiophene rings is 1. The van der Waals surface area contributed by atoms with E-state index in [-0.39, 0.29) is 0 Å². The largest absolute Gasteiger partial charge is 0.148 e. The van der Waals surface area contributed by atoms with Crippen LogP contribution >= 0.6 is 11.3 Å². The molecule has 13 heavy (non-hydrogen) atoms. The summed E-state index contributed by atoms with van der Waals surface area (Å²) in [4.78, 5) is 1.43. The van der Waals surface area contributed by atoms with Crippen LogP contribution in [0.25, 0.3) is 0 Å². The molecule has 0 bridgehead atoms. The number of hydrogen-bond donors (Lipinski definition) is 0. The summed E-state index contributed by atoms with van der Waals surface area (Å²) < 4.78 is 0. The average Bonchev–Trinajstić information content (AvgIpc) is 2.47. The molecule has 0 fully saturated rings. The quantitative estimate of drug-likeness (QED) is 0.489. The smallest absolute Gasteiger partial charge is 0.129 e. The maximum Gasteiger partial charge on any atom is 0.129 e. The monoisotopic (exact) mass is 208 g/mol. The second kappa shape index (κ2) is 4.12. The summed E-state index contributed by atoms with van der Waals surface area (Å²) in [6, 6.07) is 2.21. The second-order valence-corrected chi connectivity index (χ2v) is 9.90. The van der Waals surface area contributed by atoms with Crippen molar-refractivity contribution in [2.24, 2.45) is 0 Å². The highest BCUT2D eigenvalue weighted by atomic mass is 32.1. The summed E-state index contributed by atoms with van der Waals surface area (Å²) in [6.07, 6.45) is 1.12. The molecule has 0 unspecified atom stereocenters. The molecule has 1 heterocycles. The predicted molar refractivity (Wildman–Crippen MR) is 63.9 cm³/mol. The lowest BCUT2D eigenvalue weighted by Crippen LogP contribution is -2.16. The Bertz CT molecular complexity index is 333. The van der Waals surface area contributed by atoms with Crippen LogP contribution in [0.2, 0.25) is 19.6 Å². The van der Waals surface area contributed by atoms with Gasteiger partial charge in [-0.3, -0.25) is 0 Å². The van der Waals surface area contributed by atoms with Gasteiger partial charge >= 0.3 is 0 Å². The number of aryl methyl sites for hydroxylation is 1. The fourth-order valence-corrected chi connectivity index (χ4v) is 2.18. The van der Waals surface area contributed by atoms with Gasteiger partial charge in [-0.25, -0.2) is 0 Å². The Labute approximate surface area is 86.0 Å². The first kappa shape index (κ1) is 10.6. The minimum atomic E-state index is -1.20. The Balaban J connectivity index is 2.78. The van der Waals surface area contributed by atoms with Gasteiger partial charge in [0.2, 0.25) is 0 Å². The van der Waals surface area contributed by atoms with Crippen molar-refractivity contribution in [1.82, 2.24) is 0 Å². The van der Waals surface area contributed by atoms with Crippen molar-refractivity contribution >= 4 is 19.4 Å². The molecule has 2 heteroatoms. The van der Waals surface area contributed by atoms with E-state index in [9.17, 15) is 0 Å². The normalized spacial score (nSPS) is 10.8. The summed E-state index contributed by atoms with van der Waals surface area (Å²) in [7, 11) is -1.20.